The van der Waals surface area contributed by atoms with Crippen LogP contribution in [0.25, 0.3) is 21.3 Å². The molecule has 0 spiro atoms. The lowest BCUT2D eigenvalue weighted by Gasteiger charge is -2.47. The Morgan fingerprint density at radius 3 is 2.06 bits per heavy atom. The number of halogens is 2. The molecule has 0 saturated heterocycles. The van der Waals surface area contributed by atoms with Crippen LogP contribution in [-0.4, -0.2) is 35.2 Å². The van der Waals surface area contributed by atoms with E-state index in [1.165, 1.54) is 6.20 Å². The van der Waals surface area contributed by atoms with Crippen molar-refractivity contribution in [3.8, 4) is 16.2 Å². The average Bonchev–Trinajstić information content (AvgIpc) is 3.91. The lowest BCUT2D eigenvalue weighted by Crippen LogP contribution is -2.49. The lowest BCUT2D eigenvalue weighted by molar-refractivity contribution is -0.0486. The minimum atomic E-state index is -3.12. The van der Waals surface area contributed by atoms with Crippen molar-refractivity contribution in [1.82, 2.24) is 9.47 Å². The molecule has 4 aromatic carbocycles. The second-order valence-electron chi connectivity index (χ2n) is 13.0. The van der Waals surface area contributed by atoms with Gasteiger partial charge in [-0.25, -0.2) is 4.79 Å². The zero-order valence-corrected chi connectivity index (χ0v) is 28.9. The number of thiophene rings is 1. The Morgan fingerprint density at radius 2 is 1.51 bits per heavy atom. The number of benzene rings is 4. The molecule has 8 rings (SSSR count). The van der Waals surface area contributed by atoms with E-state index in [1.54, 1.807) is 35.0 Å². The number of pyridine rings is 1. The molecule has 6 aromatic rings. The minimum Gasteiger partial charge on any atom is -0.462 e. The van der Waals surface area contributed by atoms with Crippen LogP contribution in [0.1, 0.15) is 63.3 Å². The highest BCUT2D eigenvalue weighted by Crippen LogP contribution is 2.49. The molecule has 1 saturated carbocycles. The van der Waals surface area contributed by atoms with Crippen LogP contribution in [0.4, 0.5) is 8.78 Å². The van der Waals surface area contributed by atoms with E-state index in [1.807, 2.05) is 18.2 Å². The quantitative estimate of drug-likeness (QED) is 0.105. The molecule has 0 N–H and O–H groups in total. The Labute approximate surface area is 298 Å². The molecular formula is C42H36F2N2O4S. The van der Waals surface area contributed by atoms with Crippen LogP contribution in [0.15, 0.2) is 120 Å². The highest BCUT2D eigenvalue weighted by atomic mass is 32.1. The van der Waals surface area contributed by atoms with Crippen LogP contribution in [-0.2, 0) is 23.2 Å². The van der Waals surface area contributed by atoms with Crippen molar-refractivity contribution < 1.29 is 23.0 Å². The summed E-state index contributed by atoms with van der Waals surface area (Å²) in [4.78, 5) is 30.8. The van der Waals surface area contributed by atoms with Crippen LogP contribution >= 0.6 is 11.3 Å². The molecule has 0 amide bonds. The van der Waals surface area contributed by atoms with Crippen molar-refractivity contribution in [2.24, 2.45) is 0 Å². The van der Waals surface area contributed by atoms with Crippen LogP contribution in [0.2, 0.25) is 0 Å². The maximum Gasteiger partial charge on any atom is 0.387 e. The van der Waals surface area contributed by atoms with Gasteiger partial charge in [0.15, 0.2) is 5.75 Å². The summed E-state index contributed by atoms with van der Waals surface area (Å²) in [6.45, 7) is 0.0619. The number of rotatable bonds is 10. The number of carbonyl (C=O) groups excluding carboxylic acids is 1. The topological polar surface area (TPSA) is 60.8 Å². The fourth-order valence-corrected chi connectivity index (χ4v) is 8.89. The first-order valence-corrected chi connectivity index (χ1v) is 18.1. The van der Waals surface area contributed by atoms with Gasteiger partial charge in [-0.1, -0.05) is 91.0 Å². The van der Waals surface area contributed by atoms with Gasteiger partial charge in [0.2, 0.25) is 5.43 Å². The molecule has 2 aliphatic rings. The van der Waals surface area contributed by atoms with E-state index in [0.29, 0.717) is 12.1 Å². The molecule has 1 fully saturated rings. The predicted octanol–water partition coefficient (Wildman–Crippen LogP) is 9.19. The van der Waals surface area contributed by atoms with Crippen molar-refractivity contribution in [2.75, 3.05) is 13.2 Å². The van der Waals surface area contributed by atoms with Gasteiger partial charge in [-0.05, 0) is 66.6 Å². The maximum absolute atomic E-state index is 14.2. The number of aromatic nitrogens is 1. The zero-order valence-electron chi connectivity index (χ0n) is 28.1. The van der Waals surface area contributed by atoms with Crippen LogP contribution in [0, 0.1) is 0 Å². The minimum absolute atomic E-state index is 0.0382. The van der Waals surface area contributed by atoms with E-state index in [2.05, 4.69) is 83.8 Å². The van der Waals surface area contributed by atoms with Gasteiger partial charge in [-0.3, -0.25) is 9.69 Å². The van der Waals surface area contributed by atoms with Crippen molar-refractivity contribution in [3.05, 3.63) is 158 Å². The predicted molar refractivity (Wildman–Crippen MR) is 196 cm³/mol. The molecule has 3 heterocycles. The second kappa shape index (κ2) is 13.5. The lowest BCUT2D eigenvalue weighted by atomic mass is 9.75. The van der Waals surface area contributed by atoms with Gasteiger partial charge in [0.1, 0.15) is 5.56 Å². The van der Waals surface area contributed by atoms with E-state index >= 15 is 0 Å². The number of alkyl halides is 2. The molecule has 0 radical (unpaired) electrons. The first kappa shape index (κ1) is 33.0. The van der Waals surface area contributed by atoms with Gasteiger partial charge < -0.3 is 14.0 Å². The molecule has 0 bridgehead atoms. The Morgan fingerprint density at radius 1 is 0.902 bits per heavy atom. The third-order valence-electron chi connectivity index (χ3n) is 9.99. The Balaban J connectivity index is 1.27. The van der Waals surface area contributed by atoms with E-state index in [0.717, 1.165) is 57.8 Å². The molecule has 51 heavy (non-hydrogen) atoms. The molecule has 1 aliphatic carbocycles. The fourth-order valence-electron chi connectivity index (χ4n) is 7.64. The normalized spacial score (nSPS) is 14.8. The highest BCUT2D eigenvalue weighted by Gasteiger charge is 2.43. The molecule has 2 aromatic heterocycles. The largest absolute Gasteiger partial charge is 0.462 e. The van der Waals surface area contributed by atoms with Gasteiger partial charge in [-0.15, -0.1) is 11.3 Å². The second-order valence-corrected chi connectivity index (χ2v) is 14.1. The van der Waals surface area contributed by atoms with Crippen LogP contribution in [0.3, 0.4) is 0 Å². The monoisotopic (exact) mass is 702 g/mol. The summed E-state index contributed by atoms with van der Waals surface area (Å²) in [5.41, 5.74) is 4.14. The molecule has 0 atom stereocenters. The number of hydrogen-bond donors (Lipinski definition) is 0. The van der Waals surface area contributed by atoms with Gasteiger partial charge in [-0.2, -0.15) is 8.78 Å². The zero-order chi connectivity index (χ0) is 35.1. The van der Waals surface area contributed by atoms with Crippen LogP contribution < -0.4 is 10.2 Å². The third kappa shape index (κ3) is 5.84. The van der Waals surface area contributed by atoms with E-state index in [-0.39, 0.29) is 34.9 Å². The molecule has 1 aliphatic heterocycles. The average molecular weight is 703 g/mol. The number of hydrogen-bond acceptors (Lipinski definition) is 6. The van der Waals surface area contributed by atoms with Gasteiger partial charge in [0.05, 0.1) is 23.0 Å². The molecular weight excluding hydrogens is 667 g/mol. The van der Waals surface area contributed by atoms with Crippen molar-refractivity contribution >= 4 is 28.2 Å². The smallest absolute Gasteiger partial charge is 0.387 e. The Bertz CT molecular complexity index is 2170. The van der Waals surface area contributed by atoms with Gasteiger partial charge in [0.25, 0.3) is 0 Å². The maximum atomic E-state index is 14.2. The van der Waals surface area contributed by atoms with Crippen molar-refractivity contribution in [3.63, 3.8) is 0 Å². The van der Waals surface area contributed by atoms with Crippen molar-refractivity contribution in [1.29, 1.82) is 0 Å². The summed E-state index contributed by atoms with van der Waals surface area (Å²) in [6.07, 6.45) is 3.81. The molecule has 0 unspecified atom stereocenters. The van der Waals surface area contributed by atoms with E-state index in [9.17, 15) is 18.4 Å². The number of fused-ring (bicyclic) bond motifs is 2. The van der Waals surface area contributed by atoms with Crippen LogP contribution in [0.5, 0.6) is 5.75 Å². The number of esters is 1. The first-order valence-electron chi connectivity index (χ1n) is 17.3. The molecule has 6 nitrogen and oxygen atoms in total. The standard InChI is InChI=1S/C42H36F2N2O4S/c1-2-49-40(48)34-25-46(31-18-19-31)37-33(38(34)47)21-20-32(39(37)50-41(43)44)35-24-27-22-23-45(26-36(27)51-35)42(28-12-6-3-7-13-28,29-14-8-4-9-15-29)30-16-10-5-11-17-30/h3-17,20-21,24-25,31,41H,2,18-19,22-23,26H2,1H3. The third-order valence-corrected chi connectivity index (χ3v) is 11.2. The summed E-state index contributed by atoms with van der Waals surface area (Å²) in [5, 5.41) is 0.151. The SMILES string of the molecule is CCOC(=O)c1cn(C2CC2)c2c(OC(F)F)c(-c3cc4c(s3)CN(C(c3ccccc3)(c3ccccc3)c3ccccc3)CC4)ccc2c1=O. The van der Waals surface area contributed by atoms with Gasteiger partial charge >= 0.3 is 12.6 Å². The number of carbonyl (C=O) groups is 1. The van der Waals surface area contributed by atoms with E-state index in [4.69, 9.17) is 9.47 Å². The summed E-state index contributed by atoms with van der Waals surface area (Å²) >= 11 is 1.56. The molecule has 9 heteroatoms. The summed E-state index contributed by atoms with van der Waals surface area (Å²) in [7, 11) is 0. The van der Waals surface area contributed by atoms with Crippen molar-refractivity contribution in [2.45, 2.75) is 50.9 Å². The number of nitrogens with zero attached hydrogens (tertiary/aromatic N) is 2. The highest BCUT2D eigenvalue weighted by molar-refractivity contribution is 7.15. The Hall–Kier alpha value is -5.12. The molecule has 258 valence electrons. The fraction of sp³-hybridized carbons (Fsp3) is 0.238. The summed E-state index contributed by atoms with van der Waals surface area (Å²) in [6, 6.07) is 37.0. The summed E-state index contributed by atoms with van der Waals surface area (Å²) in [5.74, 6) is -0.781. The summed E-state index contributed by atoms with van der Waals surface area (Å²) < 4.78 is 40.6. The first-order chi connectivity index (χ1) is 24.9. The Kier molecular flexibility index (Phi) is 8.78. The number of ether oxygens (including phenoxy) is 2. The van der Waals surface area contributed by atoms with Gasteiger partial charge in [0, 0.05) is 40.6 Å². The van der Waals surface area contributed by atoms with E-state index < -0.39 is 23.5 Å².